The Morgan fingerprint density at radius 1 is 1.16 bits per heavy atom. The largest absolute Gasteiger partial charge is 0.334 e. The molecule has 3 aromatic rings. The van der Waals surface area contributed by atoms with E-state index in [2.05, 4.69) is 10.0 Å². The van der Waals surface area contributed by atoms with Crippen LogP contribution in [-0.4, -0.2) is 18.8 Å². The minimum absolute atomic E-state index is 0.00745. The van der Waals surface area contributed by atoms with Gasteiger partial charge in [0, 0.05) is 28.4 Å². The number of carbonyl (C=O) groups excluding carboxylic acids is 1. The van der Waals surface area contributed by atoms with Crippen LogP contribution in [0.25, 0.3) is 21.3 Å². The molecule has 0 atom stereocenters. The monoisotopic (exact) mass is 354 g/mol. The first kappa shape index (κ1) is 16.8. The van der Waals surface area contributed by atoms with Gasteiger partial charge < -0.3 is 4.57 Å². The zero-order chi connectivity index (χ0) is 18.2. The Hall–Kier alpha value is -3.09. The molecule has 2 aromatic carbocycles. The minimum Gasteiger partial charge on any atom is -0.334 e. The van der Waals surface area contributed by atoms with E-state index in [0.717, 1.165) is 0 Å². The number of aromatic nitrogens is 1. The lowest BCUT2D eigenvalue weighted by molar-refractivity contribution is 0.101. The van der Waals surface area contributed by atoms with Crippen molar-refractivity contribution in [1.29, 1.82) is 0 Å². The van der Waals surface area contributed by atoms with Gasteiger partial charge in [-0.05, 0) is 42.8 Å². The second-order valence-electron chi connectivity index (χ2n) is 5.51. The summed E-state index contributed by atoms with van der Waals surface area (Å²) in [6.45, 7) is 1.42. The van der Waals surface area contributed by atoms with E-state index in [-0.39, 0.29) is 21.4 Å². The van der Waals surface area contributed by atoms with Crippen LogP contribution in [0.2, 0.25) is 0 Å². The van der Waals surface area contributed by atoms with Crippen molar-refractivity contribution in [2.45, 2.75) is 16.8 Å². The number of Topliss-reactive ketones (excluding diaryl/α,β-unsaturated/α-hetero) is 1. The van der Waals surface area contributed by atoms with Gasteiger partial charge in [-0.25, -0.2) is 8.42 Å². The molecule has 0 amide bonds. The van der Waals surface area contributed by atoms with Gasteiger partial charge in [-0.1, -0.05) is 23.3 Å². The van der Waals surface area contributed by atoms with Crippen molar-refractivity contribution < 1.29 is 13.2 Å². The number of carbonyl (C=O) groups is 1. The zero-order valence-corrected chi connectivity index (χ0v) is 14.4. The van der Waals surface area contributed by atoms with Gasteiger partial charge in [0.1, 0.15) is 5.03 Å². The quantitative estimate of drug-likeness (QED) is 0.304. The molecule has 0 N–H and O–H groups in total. The number of hydrogen-bond donors (Lipinski definition) is 0. The average Bonchev–Trinajstić information content (AvgIpc) is 2.88. The van der Waals surface area contributed by atoms with Crippen LogP contribution in [0.15, 0.2) is 63.6 Å². The molecule has 0 radical (unpaired) electrons. The molecule has 25 heavy (non-hydrogen) atoms. The molecule has 0 bridgehead atoms. The molecule has 3 rings (SSSR count). The van der Waals surface area contributed by atoms with Crippen LogP contribution in [0.3, 0.4) is 0 Å². The third-order valence-corrected chi connectivity index (χ3v) is 5.85. The van der Waals surface area contributed by atoms with Crippen LogP contribution in [0.4, 0.5) is 5.69 Å². The normalized spacial score (nSPS) is 11.3. The molecule has 8 heteroatoms. The first-order chi connectivity index (χ1) is 11.9. The van der Waals surface area contributed by atoms with Crippen molar-refractivity contribution in [1.82, 2.24) is 4.57 Å². The van der Waals surface area contributed by atoms with Crippen molar-refractivity contribution >= 4 is 32.2 Å². The van der Waals surface area contributed by atoms with Crippen LogP contribution in [-0.2, 0) is 16.9 Å². The molecule has 7 nitrogen and oxygen atoms in total. The summed E-state index contributed by atoms with van der Waals surface area (Å²) in [5, 5.41) is 3.93. The summed E-state index contributed by atoms with van der Waals surface area (Å²) < 4.78 is 27.6. The fourth-order valence-corrected chi connectivity index (χ4v) is 4.38. The Balaban J connectivity index is 2.43. The molecule has 0 spiro atoms. The van der Waals surface area contributed by atoms with Crippen LogP contribution in [0.1, 0.15) is 17.3 Å². The van der Waals surface area contributed by atoms with Crippen LogP contribution >= 0.6 is 0 Å². The van der Waals surface area contributed by atoms with Gasteiger partial charge in [-0.2, -0.15) is 0 Å². The van der Waals surface area contributed by atoms with Crippen LogP contribution < -0.4 is 0 Å². The predicted octanol–water partition coefficient (Wildman–Crippen LogP) is 4.16. The van der Waals surface area contributed by atoms with E-state index in [1.165, 1.54) is 23.6 Å². The first-order valence-corrected chi connectivity index (χ1v) is 8.85. The molecule has 0 unspecified atom stereocenters. The summed E-state index contributed by atoms with van der Waals surface area (Å²) in [6.07, 6.45) is 0. The van der Waals surface area contributed by atoms with Crippen molar-refractivity contribution in [2.24, 2.45) is 12.2 Å². The topological polar surface area (TPSA) is 105 Å². The average molecular weight is 354 g/mol. The molecule has 0 aliphatic carbocycles. The van der Waals surface area contributed by atoms with E-state index in [1.807, 2.05) is 0 Å². The lowest BCUT2D eigenvalue weighted by Gasteiger charge is -2.07. The van der Waals surface area contributed by atoms with E-state index < -0.39 is 9.84 Å². The maximum absolute atomic E-state index is 13.1. The first-order valence-electron chi connectivity index (χ1n) is 7.36. The Bertz CT molecular complexity index is 1140. The van der Waals surface area contributed by atoms with Crippen LogP contribution in [0, 0.1) is 0 Å². The molecular formula is C17H14N4O3S. The molecule has 0 fully saturated rings. The molecule has 0 aliphatic heterocycles. The van der Waals surface area contributed by atoms with E-state index >= 15 is 0 Å². The van der Waals surface area contributed by atoms with Gasteiger partial charge in [-0.3, -0.25) is 4.79 Å². The summed E-state index contributed by atoms with van der Waals surface area (Å²) in [6, 6.07) is 12.7. The third kappa shape index (κ3) is 2.67. The Labute approximate surface area is 144 Å². The van der Waals surface area contributed by atoms with Gasteiger partial charge >= 0.3 is 0 Å². The number of rotatable bonds is 4. The smallest absolute Gasteiger partial charge is 0.222 e. The molecule has 0 saturated heterocycles. The number of aryl methyl sites for hydroxylation is 1. The van der Waals surface area contributed by atoms with E-state index in [1.54, 1.807) is 43.4 Å². The van der Waals surface area contributed by atoms with E-state index in [9.17, 15) is 13.2 Å². The number of nitrogens with zero attached hydrogens (tertiary/aromatic N) is 4. The maximum Gasteiger partial charge on any atom is 0.222 e. The summed E-state index contributed by atoms with van der Waals surface area (Å²) in [5.74, 6) is -0.162. The number of hydrogen-bond acceptors (Lipinski definition) is 4. The Morgan fingerprint density at radius 3 is 2.44 bits per heavy atom. The lowest BCUT2D eigenvalue weighted by atomic mass is 10.1. The van der Waals surface area contributed by atoms with Crippen molar-refractivity contribution in [3.05, 3.63) is 64.5 Å². The number of benzene rings is 2. The van der Waals surface area contributed by atoms with Crippen molar-refractivity contribution in [3.63, 3.8) is 0 Å². The highest BCUT2D eigenvalue weighted by Gasteiger charge is 2.27. The summed E-state index contributed by atoms with van der Waals surface area (Å²) in [4.78, 5) is 14.5. The maximum atomic E-state index is 13.1. The predicted molar refractivity (Wildman–Crippen MR) is 93.6 cm³/mol. The van der Waals surface area contributed by atoms with Gasteiger partial charge in [0.25, 0.3) is 0 Å². The summed E-state index contributed by atoms with van der Waals surface area (Å²) >= 11 is 0. The minimum atomic E-state index is -3.90. The SMILES string of the molecule is CC(=O)c1ccc2c(c1)c(N=[N+]=[N-])c(S(=O)(=O)c1ccccc1)n2C. The van der Waals surface area contributed by atoms with Crippen LogP contribution in [0.5, 0.6) is 0 Å². The fraction of sp³-hybridized carbons (Fsp3) is 0.118. The lowest BCUT2D eigenvalue weighted by Crippen LogP contribution is -2.07. The standard InChI is InChI=1S/C17H14N4O3S/c1-11(22)12-8-9-15-14(10-12)16(19-20-18)17(21(15)2)25(23,24)13-6-4-3-5-7-13/h3-10H,1-2H3. The van der Waals surface area contributed by atoms with Crippen molar-refractivity contribution in [3.8, 4) is 0 Å². The zero-order valence-electron chi connectivity index (χ0n) is 13.5. The molecule has 0 aliphatic rings. The molecule has 1 aromatic heterocycles. The summed E-state index contributed by atoms with van der Waals surface area (Å²) in [5.41, 5.74) is 9.88. The van der Waals surface area contributed by atoms with Gasteiger partial charge in [0.2, 0.25) is 9.84 Å². The Kier molecular flexibility index (Phi) is 4.08. The van der Waals surface area contributed by atoms with E-state index in [4.69, 9.17) is 5.53 Å². The van der Waals surface area contributed by atoms with Gasteiger partial charge in [-0.15, -0.1) is 0 Å². The van der Waals surface area contributed by atoms with Gasteiger partial charge in [0.05, 0.1) is 10.6 Å². The number of azide groups is 1. The second kappa shape index (κ2) is 6.08. The fourth-order valence-electron chi connectivity index (χ4n) is 2.78. The summed E-state index contributed by atoms with van der Waals surface area (Å²) in [7, 11) is -2.32. The Morgan fingerprint density at radius 2 is 1.84 bits per heavy atom. The molecule has 0 saturated carbocycles. The molecule has 1 heterocycles. The second-order valence-corrected chi connectivity index (χ2v) is 7.37. The van der Waals surface area contributed by atoms with Gasteiger partial charge in [0.15, 0.2) is 5.78 Å². The highest BCUT2D eigenvalue weighted by Crippen LogP contribution is 2.39. The third-order valence-electron chi connectivity index (χ3n) is 3.98. The molecular weight excluding hydrogens is 340 g/mol. The number of ketones is 1. The molecule has 126 valence electrons. The van der Waals surface area contributed by atoms with Crippen molar-refractivity contribution in [2.75, 3.05) is 0 Å². The highest BCUT2D eigenvalue weighted by atomic mass is 32.2. The van der Waals surface area contributed by atoms with E-state index in [0.29, 0.717) is 16.5 Å². The number of sulfone groups is 1. The highest BCUT2D eigenvalue weighted by molar-refractivity contribution is 7.91. The number of fused-ring (bicyclic) bond motifs is 1.